The van der Waals surface area contributed by atoms with E-state index in [1.54, 1.807) is 6.07 Å². The molecule has 0 spiro atoms. The lowest BCUT2D eigenvalue weighted by Gasteiger charge is -2.17. The largest absolute Gasteiger partial charge is 0.394 e. The minimum absolute atomic E-state index is 0.000488. The average molecular weight is 229 g/mol. The molecule has 4 N–H and O–H groups in total. The Morgan fingerprint density at radius 2 is 1.88 bits per heavy atom. The summed E-state index contributed by atoms with van der Waals surface area (Å²) in [5.74, 6) is 1.12. The van der Waals surface area contributed by atoms with Gasteiger partial charge in [0.05, 0.1) is 12.6 Å². The number of aliphatic hydroxyl groups is 1. The van der Waals surface area contributed by atoms with E-state index in [4.69, 9.17) is 5.73 Å². The van der Waals surface area contributed by atoms with Crippen molar-refractivity contribution < 1.29 is 5.11 Å². The first kappa shape index (κ1) is 11.4. The number of nitrogens with two attached hydrogens (primary N) is 1. The van der Waals surface area contributed by atoms with Gasteiger partial charge in [0.1, 0.15) is 11.6 Å². The lowest BCUT2D eigenvalue weighted by atomic mass is 10.1. The number of pyridine rings is 1. The van der Waals surface area contributed by atoms with E-state index in [0.717, 1.165) is 5.56 Å². The van der Waals surface area contributed by atoms with Crippen LogP contribution in [0.3, 0.4) is 0 Å². The molecule has 0 aliphatic rings. The number of benzene rings is 1. The van der Waals surface area contributed by atoms with E-state index in [1.807, 2.05) is 42.5 Å². The normalized spacial score (nSPS) is 12.1. The van der Waals surface area contributed by atoms with Gasteiger partial charge in [0.2, 0.25) is 0 Å². The van der Waals surface area contributed by atoms with Crippen molar-refractivity contribution in [2.75, 3.05) is 17.7 Å². The van der Waals surface area contributed by atoms with Gasteiger partial charge in [-0.05, 0) is 17.7 Å². The Morgan fingerprint density at radius 1 is 1.12 bits per heavy atom. The molecule has 0 saturated heterocycles. The summed E-state index contributed by atoms with van der Waals surface area (Å²) in [5, 5.41) is 12.5. The van der Waals surface area contributed by atoms with Crippen LogP contribution in [0.2, 0.25) is 0 Å². The van der Waals surface area contributed by atoms with Crippen molar-refractivity contribution in [2.24, 2.45) is 0 Å². The summed E-state index contributed by atoms with van der Waals surface area (Å²) in [6.45, 7) is 0.000488. The number of nitrogen functional groups attached to an aromatic ring is 1. The van der Waals surface area contributed by atoms with E-state index < -0.39 is 0 Å². The van der Waals surface area contributed by atoms with Crippen LogP contribution in [-0.2, 0) is 0 Å². The lowest BCUT2D eigenvalue weighted by Crippen LogP contribution is -2.15. The topological polar surface area (TPSA) is 71.2 Å². The van der Waals surface area contributed by atoms with Gasteiger partial charge in [0.15, 0.2) is 0 Å². The van der Waals surface area contributed by atoms with Gasteiger partial charge < -0.3 is 16.2 Å². The highest BCUT2D eigenvalue weighted by atomic mass is 16.3. The Bertz CT molecular complexity index is 473. The zero-order chi connectivity index (χ0) is 12.1. The van der Waals surface area contributed by atoms with Gasteiger partial charge in [-0.1, -0.05) is 36.4 Å². The highest BCUT2D eigenvalue weighted by molar-refractivity contribution is 5.44. The fourth-order valence-corrected chi connectivity index (χ4v) is 1.63. The molecule has 0 aliphatic heterocycles. The number of aliphatic hydroxyl groups excluding tert-OH is 1. The molecule has 0 fully saturated rings. The van der Waals surface area contributed by atoms with Crippen LogP contribution in [0.15, 0.2) is 48.5 Å². The Morgan fingerprint density at radius 3 is 2.53 bits per heavy atom. The van der Waals surface area contributed by atoms with Crippen molar-refractivity contribution in [3.05, 3.63) is 54.1 Å². The lowest BCUT2D eigenvalue weighted by molar-refractivity contribution is 0.276. The van der Waals surface area contributed by atoms with Crippen LogP contribution in [0.5, 0.6) is 0 Å². The molecule has 2 aromatic rings. The second-order valence-corrected chi connectivity index (χ2v) is 3.74. The highest BCUT2D eigenvalue weighted by Crippen LogP contribution is 2.18. The number of nitrogens with zero attached hydrogens (tertiary/aromatic N) is 1. The Balaban J connectivity index is 2.16. The number of hydrogen-bond donors (Lipinski definition) is 3. The summed E-state index contributed by atoms with van der Waals surface area (Å²) in [5.41, 5.74) is 6.61. The van der Waals surface area contributed by atoms with Crippen molar-refractivity contribution in [3.8, 4) is 0 Å². The Hall–Kier alpha value is -2.07. The maximum absolute atomic E-state index is 9.39. The summed E-state index contributed by atoms with van der Waals surface area (Å²) in [6.07, 6.45) is 0. The van der Waals surface area contributed by atoms with E-state index >= 15 is 0 Å². The molecule has 2 rings (SSSR count). The fourth-order valence-electron chi connectivity index (χ4n) is 1.63. The minimum Gasteiger partial charge on any atom is -0.394 e. The Labute approximate surface area is 100 Å². The third-order valence-electron chi connectivity index (χ3n) is 2.48. The van der Waals surface area contributed by atoms with Gasteiger partial charge in [0, 0.05) is 0 Å². The highest BCUT2D eigenvalue weighted by Gasteiger charge is 2.09. The quantitative estimate of drug-likeness (QED) is 0.747. The summed E-state index contributed by atoms with van der Waals surface area (Å²) < 4.78 is 0. The zero-order valence-corrected chi connectivity index (χ0v) is 9.38. The maximum atomic E-state index is 9.39. The zero-order valence-electron chi connectivity index (χ0n) is 9.38. The standard InChI is InChI=1S/C13H15N3O/c14-12-7-4-8-13(16-12)15-11(9-17)10-5-2-1-3-6-10/h1-8,11,17H,9H2,(H3,14,15,16). The van der Waals surface area contributed by atoms with Crippen LogP contribution in [0.1, 0.15) is 11.6 Å². The van der Waals surface area contributed by atoms with E-state index in [2.05, 4.69) is 10.3 Å². The van der Waals surface area contributed by atoms with Gasteiger partial charge in [-0.3, -0.25) is 0 Å². The van der Waals surface area contributed by atoms with Crippen molar-refractivity contribution in [3.63, 3.8) is 0 Å². The van der Waals surface area contributed by atoms with Crippen molar-refractivity contribution in [2.45, 2.75) is 6.04 Å². The van der Waals surface area contributed by atoms with Gasteiger partial charge in [-0.15, -0.1) is 0 Å². The molecule has 0 saturated carbocycles. The second kappa shape index (κ2) is 5.32. The van der Waals surface area contributed by atoms with Crippen LogP contribution in [0.25, 0.3) is 0 Å². The first-order chi connectivity index (χ1) is 8.29. The minimum atomic E-state index is -0.175. The van der Waals surface area contributed by atoms with Crippen molar-refractivity contribution in [1.29, 1.82) is 0 Å². The second-order valence-electron chi connectivity index (χ2n) is 3.74. The molecule has 1 unspecified atom stereocenters. The third kappa shape index (κ3) is 2.95. The van der Waals surface area contributed by atoms with Crippen LogP contribution in [0, 0.1) is 0 Å². The van der Waals surface area contributed by atoms with Crippen LogP contribution in [-0.4, -0.2) is 16.7 Å². The number of rotatable bonds is 4. The molecular formula is C13H15N3O. The molecule has 0 radical (unpaired) electrons. The fraction of sp³-hybridized carbons (Fsp3) is 0.154. The number of aromatic nitrogens is 1. The van der Waals surface area contributed by atoms with Crippen LogP contribution < -0.4 is 11.1 Å². The van der Waals surface area contributed by atoms with E-state index in [-0.39, 0.29) is 12.6 Å². The summed E-state index contributed by atoms with van der Waals surface area (Å²) in [7, 11) is 0. The summed E-state index contributed by atoms with van der Waals surface area (Å²) in [4.78, 5) is 4.14. The molecule has 17 heavy (non-hydrogen) atoms. The smallest absolute Gasteiger partial charge is 0.128 e. The maximum Gasteiger partial charge on any atom is 0.128 e. The van der Waals surface area contributed by atoms with E-state index in [1.165, 1.54) is 0 Å². The van der Waals surface area contributed by atoms with Crippen LogP contribution in [0.4, 0.5) is 11.6 Å². The first-order valence-corrected chi connectivity index (χ1v) is 5.44. The van der Waals surface area contributed by atoms with Gasteiger partial charge in [0.25, 0.3) is 0 Å². The number of nitrogens with one attached hydrogen (secondary N) is 1. The molecule has 1 heterocycles. The van der Waals surface area contributed by atoms with Gasteiger partial charge in [-0.25, -0.2) is 4.98 Å². The molecule has 0 amide bonds. The van der Waals surface area contributed by atoms with Crippen molar-refractivity contribution in [1.82, 2.24) is 4.98 Å². The molecular weight excluding hydrogens is 214 g/mol. The monoisotopic (exact) mass is 229 g/mol. The number of anilines is 2. The predicted molar refractivity (Wildman–Crippen MR) is 68.5 cm³/mol. The first-order valence-electron chi connectivity index (χ1n) is 5.44. The summed E-state index contributed by atoms with van der Waals surface area (Å²) >= 11 is 0. The molecule has 0 bridgehead atoms. The number of hydrogen-bond acceptors (Lipinski definition) is 4. The van der Waals surface area contributed by atoms with Crippen LogP contribution >= 0.6 is 0 Å². The summed E-state index contributed by atoms with van der Waals surface area (Å²) in [6, 6.07) is 14.9. The molecule has 4 heteroatoms. The molecule has 1 aromatic heterocycles. The predicted octanol–water partition coefficient (Wildman–Crippen LogP) is 1.81. The molecule has 4 nitrogen and oxygen atoms in total. The molecule has 1 atom stereocenters. The van der Waals surface area contributed by atoms with Gasteiger partial charge in [-0.2, -0.15) is 0 Å². The van der Waals surface area contributed by atoms with E-state index in [9.17, 15) is 5.11 Å². The molecule has 0 aliphatic carbocycles. The Kier molecular flexibility index (Phi) is 3.57. The van der Waals surface area contributed by atoms with E-state index in [0.29, 0.717) is 11.6 Å². The SMILES string of the molecule is Nc1cccc(NC(CO)c2ccccc2)n1. The van der Waals surface area contributed by atoms with Gasteiger partial charge >= 0.3 is 0 Å². The molecule has 1 aromatic carbocycles. The third-order valence-corrected chi connectivity index (χ3v) is 2.48. The average Bonchev–Trinajstić information content (AvgIpc) is 2.37. The van der Waals surface area contributed by atoms with Crippen molar-refractivity contribution >= 4 is 11.6 Å². The molecule has 88 valence electrons.